The number of hydrogen-bond donors (Lipinski definition) is 1. The Morgan fingerprint density at radius 1 is 1.31 bits per heavy atom. The third kappa shape index (κ3) is 2.73. The summed E-state index contributed by atoms with van der Waals surface area (Å²) in [5, 5.41) is 9.89. The van der Waals surface area contributed by atoms with E-state index in [0.717, 1.165) is 6.42 Å². The van der Waals surface area contributed by atoms with Gasteiger partial charge in [-0.05, 0) is 43.0 Å². The van der Waals surface area contributed by atoms with Crippen LogP contribution in [0.3, 0.4) is 0 Å². The predicted molar refractivity (Wildman–Crippen MR) is 98.5 cm³/mol. The van der Waals surface area contributed by atoms with E-state index >= 15 is 0 Å². The van der Waals surface area contributed by atoms with E-state index in [1.165, 1.54) is 12.1 Å². The molecular weight excluding hydrogens is 332 g/mol. The molecule has 0 saturated carbocycles. The smallest absolute Gasteiger partial charge is 0.338 e. The lowest BCUT2D eigenvalue weighted by Gasteiger charge is -2.22. The zero-order valence-corrected chi connectivity index (χ0v) is 13.8. The first kappa shape index (κ1) is 13.1. The minimum absolute atomic E-state index is 0.0429. The molecule has 0 bridgehead atoms. The number of benzene rings is 1. The average molecular weight is 353 g/mol. The Balaban J connectivity index is 1.89. The summed E-state index contributed by atoms with van der Waals surface area (Å²) in [5.74, 6) is -0.516. The van der Waals surface area contributed by atoms with Gasteiger partial charge in [0.25, 0.3) is 0 Å². The van der Waals surface area contributed by atoms with Gasteiger partial charge in [0.15, 0.2) is 0 Å². The molecule has 1 atom stereocenters. The highest BCUT2D eigenvalue weighted by atomic mass is 16.4. The first-order chi connectivity index (χ1) is 13.8. The van der Waals surface area contributed by atoms with E-state index in [4.69, 9.17) is 8.53 Å². The Morgan fingerprint density at radius 2 is 2.15 bits per heavy atom. The summed E-state index contributed by atoms with van der Waals surface area (Å²) >= 11 is 0. The van der Waals surface area contributed by atoms with Crippen LogP contribution in [0, 0.1) is 6.85 Å². The second-order valence-electron chi connectivity index (χ2n) is 6.24. The van der Waals surface area contributed by atoms with Gasteiger partial charge in [-0.2, -0.15) is 4.98 Å². The molecule has 1 aliphatic rings. The van der Waals surface area contributed by atoms with Gasteiger partial charge >= 0.3 is 11.6 Å². The van der Waals surface area contributed by atoms with Crippen LogP contribution >= 0.6 is 0 Å². The number of anilines is 1. The summed E-state index contributed by atoms with van der Waals surface area (Å²) < 4.78 is 28.6. The van der Waals surface area contributed by atoms with Gasteiger partial charge in [0.1, 0.15) is 11.9 Å². The summed E-state index contributed by atoms with van der Waals surface area (Å²) in [4.78, 5) is 29.7. The predicted octanol–water partition coefficient (Wildman–Crippen LogP) is 3.22. The Bertz CT molecular complexity index is 1160. The Kier molecular flexibility index (Phi) is 3.17. The summed E-state index contributed by atoms with van der Waals surface area (Å²) in [6, 6.07) is 10.4. The van der Waals surface area contributed by atoms with Crippen molar-refractivity contribution in [2.45, 2.75) is 25.7 Å². The fourth-order valence-electron chi connectivity index (χ4n) is 3.43. The van der Waals surface area contributed by atoms with Crippen molar-refractivity contribution in [3.63, 3.8) is 0 Å². The third-order valence-electron chi connectivity index (χ3n) is 4.64. The maximum Gasteiger partial charge on any atom is 0.338 e. The molecule has 0 spiro atoms. The molecule has 0 amide bonds. The number of hydrogen-bond acceptors (Lipinski definition) is 5. The maximum absolute atomic E-state index is 12.2. The van der Waals surface area contributed by atoms with Crippen LogP contribution in [-0.4, -0.2) is 28.6 Å². The largest absolute Gasteiger partial charge is 0.480 e. The van der Waals surface area contributed by atoms with E-state index in [-0.39, 0.29) is 11.3 Å². The Hall–Kier alpha value is -3.15. The summed E-state index contributed by atoms with van der Waals surface area (Å²) in [6.07, 6.45) is 1.25. The molecule has 26 heavy (non-hydrogen) atoms. The van der Waals surface area contributed by atoms with Gasteiger partial charge in [-0.25, -0.2) is 9.59 Å². The van der Waals surface area contributed by atoms with E-state index in [2.05, 4.69) is 4.98 Å². The number of fused-ring (bicyclic) bond motifs is 1. The van der Waals surface area contributed by atoms with Gasteiger partial charge in [-0.3, -0.25) is 0 Å². The molecule has 132 valence electrons. The fraction of sp³-hybridized carbons (Fsp3) is 0.250. The standard InChI is InChI=1S/C20H18N2O4/c1-12-5-2-3-6-13(12)15-11-18(23)26-19-14(15)8-9-17(21-19)22-10-4-7-16(22)20(24)25/h2-3,5-6,8-9,11,16H,4,7,10H2,1H3,(H,24,25)/i1D3. The fourth-order valence-corrected chi connectivity index (χ4v) is 3.43. The number of carbonyl (C=O) groups is 1. The quantitative estimate of drug-likeness (QED) is 0.778. The van der Waals surface area contributed by atoms with Crippen LogP contribution < -0.4 is 10.5 Å². The number of aromatic nitrogens is 1. The molecule has 6 heteroatoms. The first-order valence-corrected chi connectivity index (χ1v) is 8.30. The van der Waals surface area contributed by atoms with Crippen molar-refractivity contribution >= 4 is 22.9 Å². The SMILES string of the molecule is [2H]C([2H])([2H])c1ccccc1-c1cc(=O)oc2nc(N3CCCC3C(=O)O)ccc12. The normalized spacial score (nSPS) is 19.2. The van der Waals surface area contributed by atoms with Crippen LogP contribution in [0.1, 0.15) is 22.5 Å². The molecule has 0 radical (unpaired) electrons. The van der Waals surface area contributed by atoms with Crippen molar-refractivity contribution in [3.8, 4) is 11.1 Å². The lowest BCUT2D eigenvalue weighted by atomic mass is 9.99. The summed E-state index contributed by atoms with van der Waals surface area (Å²) in [6.45, 7) is -1.81. The van der Waals surface area contributed by atoms with Crippen LogP contribution in [0.15, 0.2) is 51.7 Å². The molecule has 3 aromatic rings. The lowest BCUT2D eigenvalue weighted by molar-refractivity contribution is -0.138. The highest BCUT2D eigenvalue weighted by Gasteiger charge is 2.31. The summed E-state index contributed by atoms with van der Waals surface area (Å²) in [5.41, 5.74) is 0.333. The van der Waals surface area contributed by atoms with Crippen LogP contribution in [0.25, 0.3) is 22.2 Å². The van der Waals surface area contributed by atoms with E-state index in [1.54, 1.807) is 35.2 Å². The molecule has 4 rings (SSSR count). The molecule has 1 N–H and O–H groups in total. The highest BCUT2D eigenvalue weighted by Crippen LogP contribution is 2.31. The number of aryl methyl sites for hydroxylation is 1. The van der Waals surface area contributed by atoms with E-state index in [1.807, 2.05) is 0 Å². The van der Waals surface area contributed by atoms with Crippen LogP contribution in [0.2, 0.25) is 0 Å². The van der Waals surface area contributed by atoms with Crippen molar-refractivity contribution in [1.82, 2.24) is 4.98 Å². The van der Waals surface area contributed by atoms with Gasteiger partial charge in [-0.1, -0.05) is 24.3 Å². The van der Waals surface area contributed by atoms with Gasteiger partial charge in [0.2, 0.25) is 5.71 Å². The third-order valence-corrected chi connectivity index (χ3v) is 4.64. The highest BCUT2D eigenvalue weighted by molar-refractivity contribution is 5.93. The topological polar surface area (TPSA) is 83.6 Å². The lowest BCUT2D eigenvalue weighted by Crippen LogP contribution is -2.36. The molecule has 1 fully saturated rings. The van der Waals surface area contributed by atoms with Crippen molar-refractivity contribution in [3.05, 3.63) is 58.4 Å². The molecule has 1 unspecified atom stereocenters. The molecule has 3 heterocycles. The number of rotatable bonds is 3. The molecule has 1 aromatic carbocycles. The zero-order chi connectivity index (χ0) is 20.8. The van der Waals surface area contributed by atoms with E-state index in [0.29, 0.717) is 35.3 Å². The number of carboxylic acid groups (broad SMARTS) is 1. The van der Waals surface area contributed by atoms with Gasteiger partial charge in [0, 0.05) is 27.7 Å². The maximum atomic E-state index is 12.2. The van der Waals surface area contributed by atoms with Crippen molar-refractivity contribution < 1.29 is 18.4 Å². The first-order valence-electron chi connectivity index (χ1n) is 9.80. The van der Waals surface area contributed by atoms with Gasteiger partial charge in [0.05, 0.1) is 0 Å². The zero-order valence-electron chi connectivity index (χ0n) is 16.8. The van der Waals surface area contributed by atoms with Crippen molar-refractivity contribution in [2.24, 2.45) is 0 Å². The summed E-state index contributed by atoms with van der Waals surface area (Å²) in [7, 11) is 0. The van der Waals surface area contributed by atoms with Crippen LogP contribution in [0.5, 0.6) is 0 Å². The van der Waals surface area contributed by atoms with Crippen LogP contribution in [-0.2, 0) is 4.79 Å². The number of pyridine rings is 1. The second kappa shape index (κ2) is 6.29. The van der Waals surface area contributed by atoms with Crippen LogP contribution in [0.4, 0.5) is 5.82 Å². The monoisotopic (exact) mass is 353 g/mol. The molecular formula is C20H18N2O4. The van der Waals surface area contributed by atoms with Gasteiger partial charge in [-0.15, -0.1) is 0 Å². The minimum Gasteiger partial charge on any atom is -0.480 e. The number of aliphatic carboxylic acids is 1. The molecule has 0 aliphatic carbocycles. The van der Waals surface area contributed by atoms with Gasteiger partial charge < -0.3 is 14.4 Å². The molecule has 1 aliphatic heterocycles. The average Bonchev–Trinajstić information content (AvgIpc) is 3.16. The second-order valence-corrected chi connectivity index (χ2v) is 6.24. The number of nitrogens with zero attached hydrogens (tertiary/aromatic N) is 2. The molecule has 6 nitrogen and oxygen atoms in total. The minimum atomic E-state index is -2.35. The Labute approximate surface area is 153 Å². The Morgan fingerprint density at radius 3 is 2.96 bits per heavy atom. The molecule has 1 saturated heterocycles. The van der Waals surface area contributed by atoms with E-state index in [9.17, 15) is 14.7 Å². The van der Waals surface area contributed by atoms with Crippen molar-refractivity contribution in [1.29, 1.82) is 0 Å². The number of carboxylic acids is 1. The van der Waals surface area contributed by atoms with Crippen molar-refractivity contribution in [2.75, 3.05) is 11.4 Å². The van der Waals surface area contributed by atoms with E-state index < -0.39 is 24.5 Å². The molecule has 2 aromatic heterocycles.